The average Bonchev–Trinajstić information content (AvgIpc) is 3.06. The Hall–Kier alpha value is -2.28. The standard InChI is InChI=1S/C15H18FN5O/c16-13-6-2-1-4-11(13)8-18-15-20-14(10-19-21-15)17-9-12-5-3-7-22-12/h1-2,4,6,10,12H,3,5,7-9H2,(H2,17,18,20,21). The number of rotatable bonds is 6. The quantitative estimate of drug-likeness (QED) is 0.852. The van der Waals surface area contributed by atoms with Crippen molar-refractivity contribution < 1.29 is 9.13 Å². The summed E-state index contributed by atoms with van der Waals surface area (Å²) in [6.07, 6.45) is 3.95. The lowest BCUT2D eigenvalue weighted by molar-refractivity contribution is 0.120. The van der Waals surface area contributed by atoms with Gasteiger partial charge in [0.2, 0.25) is 5.95 Å². The van der Waals surface area contributed by atoms with Crippen LogP contribution in [0.1, 0.15) is 18.4 Å². The number of nitrogens with one attached hydrogen (secondary N) is 2. The Labute approximate surface area is 128 Å². The summed E-state index contributed by atoms with van der Waals surface area (Å²) in [7, 11) is 0. The average molecular weight is 303 g/mol. The summed E-state index contributed by atoms with van der Waals surface area (Å²) in [5.74, 6) is 0.734. The van der Waals surface area contributed by atoms with E-state index >= 15 is 0 Å². The van der Waals surface area contributed by atoms with Crippen molar-refractivity contribution in [2.45, 2.75) is 25.5 Å². The van der Waals surface area contributed by atoms with Crippen LogP contribution in [0, 0.1) is 5.82 Å². The molecule has 0 bridgehead atoms. The summed E-state index contributed by atoms with van der Waals surface area (Å²) in [6.45, 7) is 1.83. The molecule has 1 unspecified atom stereocenters. The van der Waals surface area contributed by atoms with Crippen molar-refractivity contribution in [2.75, 3.05) is 23.8 Å². The largest absolute Gasteiger partial charge is 0.376 e. The SMILES string of the molecule is Fc1ccccc1CNc1nncc(NCC2CCCO2)n1. The van der Waals surface area contributed by atoms with Crippen LogP contribution in [0.2, 0.25) is 0 Å². The van der Waals surface area contributed by atoms with Crippen LogP contribution in [0.25, 0.3) is 0 Å². The normalized spacial score (nSPS) is 17.4. The first-order valence-corrected chi connectivity index (χ1v) is 7.34. The van der Waals surface area contributed by atoms with Gasteiger partial charge >= 0.3 is 0 Å². The van der Waals surface area contributed by atoms with Crippen LogP contribution in [-0.4, -0.2) is 34.4 Å². The van der Waals surface area contributed by atoms with Crippen molar-refractivity contribution in [3.05, 3.63) is 41.8 Å². The molecule has 22 heavy (non-hydrogen) atoms. The van der Waals surface area contributed by atoms with E-state index in [-0.39, 0.29) is 11.9 Å². The van der Waals surface area contributed by atoms with Crippen molar-refractivity contribution >= 4 is 11.8 Å². The molecule has 0 aliphatic carbocycles. The topological polar surface area (TPSA) is 72.0 Å². The maximum atomic E-state index is 13.5. The van der Waals surface area contributed by atoms with Crippen molar-refractivity contribution in [2.24, 2.45) is 0 Å². The van der Waals surface area contributed by atoms with E-state index in [4.69, 9.17) is 4.74 Å². The molecule has 0 spiro atoms. The van der Waals surface area contributed by atoms with Gasteiger partial charge in [0.1, 0.15) is 5.82 Å². The molecule has 6 nitrogen and oxygen atoms in total. The van der Waals surface area contributed by atoms with E-state index in [0.29, 0.717) is 30.4 Å². The van der Waals surface area contributed by atoms with E-state index in [2.05, 4.69) is 25.8 Å². The zero-order valence-corrected chi connectivity index (χ0v) is 12.1. The van der Waals surface area contributed by atoms with Crippen LogP contribution in [0.3, 0.4) is 0 Å². The lowest BCUT2D eigenvalue weighted by Gasteiger charge is -2.11. The van der Waals surface area contributed by atoms with Crippen LogP contribution in [0.5, 0.6) is 0 Å². The molecule has 1 aliphatic rings. The third-order valence-corrected chi connectivity index (χ3v) is 3.49. The van der Waals surface area contributed by atoms with Crippen LogP contribution in [0.15, 0.2) is 30.5 Å². The number of aromatic nitrogens is 3. The molecule has 3 rings (SSSR count). The maximum Gasteiger partial charge on any atom is 0.244 e. The molecule has 1 saturated heterocycles. The molecule has 1 atom stereocenters. The Balaban J connectivity index is 1.55. The van der Waals surface area contributed by atoms with E-state index in [1.807, 2.05) is 0 Å². The smallest absolute Gasteiger partial charge is 0.244 e. The fraction of sp³-hybridized carbons (Fsp3) is 0.400. The number of benzene rings is 1. The predicted molar refractivity (Wildman–Crippen MR) is 81.0 cm³/mol. The molecule has 2 aromatic rings. The highest BCUT2D eigenvalue weighted by Crippen LogP contribution is 2.13. The van der Waals surface area contributed by atoms with Gasteiger partial charge in [-0.1, -0.05) is 18.2 Å². The molecule has 0 radical (unpaired) electrons. The Morgan fingerprint density at radius 3 is 3.00 bits per heavy atom. The van der Waals surface area contributed by atoms with Crippen LogP contribution < -0.4 is 10.6 Å². The summed E-state index contributed by atoms with van der Waals surface area (Å²) >= 11 is 0. The summed E-state index contributed by atoms with van der Waals surface area (Å²) in [6, 6.07) is 6.59. The second-order valence-electron chi connectivity index (χ2n) is 5.13. The number of hydrogen-bond acceptors (Lipinski definition) is 6. The van der Waals surface area contributed by atoms with E-state index in [1.54, 1.807) is 24.4 Å². The number of anilines is 2. The molecule has 0 saturated carbocycles. The van der Waals surface area contributed by atoms with Gasteiger partial charge < -0.3 is 15.4 Å². The second-order valence-corrected chi connectivity index (χ2v) is 5.13. The Kier molecular flexibility index (Phi) is 4.75. The highest BCUT2D eigenvalue weighted by Gasteiger charge is 2.15. The first-order valence-electron chi connectivity index (χ1n) is 7.34. The van der Waals surface area contributed by atoms with Crippen molar-refractivity contribution in [3.8, 4) is 0 Å². The van der Waals surface area contributed by atoms with Crippen molar-refractivity contribution in [3.63, 3.8) is 0 Å². The van der Waals surface area contributed by atoms with Gasteiger partial charge in [0.25, 0.3) is 0 Å². The van der Waals surface area contributed by atoms with Gasteiger partial charge in [0.15, 0.2) is 5.82 Å². The zero-order chi connectivity index (χ0) is 15.2. The third kappa shape index (κ3) is 3.88. The fourth-order valence-corrected chi connectivity index (χ4v) is 2.30. The van der Waals surface area contributed by atoms with E-state index in [1.165, 1.54) is 6.07 Å². The minimum absolute atomic E-state index is 0.227. The Morgan fingerprint density at radius 1 is 1.27 bits per heavy atom. The molecular formula is C15H18FN5O. The van der Waals surface area contributed by atoms with E-state index < -0.39 is 0 Å². The number of hydrogen-bond donors (Lipinski definition) is 2. The Morgan fingerprint density at radius 2 is 2.18 bits per heavy atom. The van der Waals surface area contributed by atoms with Gasteiger partial charge in [0, 0.05) is 25.3 Å². The van der Waals surface area contributed by atoms with Gasteiger partial charge in [-0.15, -0.1) is 5.10 Å². The predicted octanol–water partition coefficient (Wildman–Crippen LogP) is 2.21. The first-order chi connectivity index (χ1) is 10.8. The fourth-order valence-electron chi connectivity index (χ4n) is 2.30. The number of nitrogens with zero attached hydrogens (tertiary/aromatic N) is 3. The van der Waals surface area contributed by atoms with Crippen LogP contribution in [0.4, 0.5) is 16.2 Å². The minimum Gasteiger partial charge on any atom is -0.376 e. The van der Waals surface area contributed by atoms with E-state index in [9.17, 15) is 4.39 Å². The molecule has 0 amide bonds. The molecule has 1 fully saturated rings. The molecule has 1 aromatic heterocycles. The van der Waals surface area contributed by atoms with E-state index in [0.717, 1.165) is 19.4 Å². The van der Waals surface area contributed by atoms with Gasteiger partial charge in [-0.25, -0.2) is 4.39 Å². The summed E-state index contributed by atoms with van der Waals surface area (Å²) < 4.78 is 19.1. The first kappa shape index (κ1) is 14.6. The lowest BCUT2D eigenvalue weighted by Crippen LogP contribution is -2.19. The number of halogens is 1. The van der Waals surface area contributed by atoms with Gasteiger partial charge in [-0.2, -0.15) is 10.1 Å². The molecule has 2 heterocycles. The van der Waals surface area contributed by atoms with Crippen molar-refractivity contribution in [1.82, 2.24) is 15.2 Å². The highest BCUT2D eigenvalue weighted by atomic mass is 19.1. The van der Waals surface area contributed by atoms with Gasteiger partial charge in [-0.05, 0) is 18.9 Å². The molecular weight excluding hydrogens is 285 g/mol. The summed E-state index contributed by atoms with van der Waals surface area (Å²) in [4.78, 5) is 4.30. The molecule has 1 aliphatic heterocycles. The van der Waals surface area contributed by atoms with Gasteiger partial charge in [0.05, 0.1) is 12.3 Å². The molecule has 7 heteroatoms. The lowest BCUT2D eigenvalue weighted by atomic mass is 10.2. The number of ether oxygens (including phenoxy) is 1. The van der Waals surface area contributed by atoms with Crippen LogP contribution >= 0.6 is 0 Å². The summed E-state index contributed by atoms with van der Waals surface area (Å²) in [5, 5.41) is 13.9. The molecule has 1 aromatic carbocycles. The zero-order valence-electron chi connectivity index (χ0n) is 12.1. The van der Waals surface area contributed by atoms with Gasteiger partial charge in [-0.3, -0.25) is 0 Å². The maximum absolute atomic E-state index is 13.5. The third-order valence-electron chi connectivity index (χ3n) is 3.49. The van der Waals surface area contributed by atoms with Crippen LogP contribution in [-0.2, 0) is 11.3 Å². The molecule has 116 valence electrons. The Bertz CT molecular complexity index is 618. The highest BCUT2D eigenvalue weighted by molar-refractivity contribution is 5.37. The molecule has 2 N–H and O–H groups in total. The monoisotopic (exact) mass is 303 g/mol. The minimum atomic E-state index is -0.254. The second kappa shape index (κ2) is 7.13. The van der Waals surface area contributed by atoms with Crippen molar-refractivity contribution in [1.29, 1.82) is 0 Å². The summed E-state index contributed by atoms with van der Waals surface area (Å²) in [5.41, 5.74) is 0.559.